The Kier molecular flexibility index (Phi) is 3.10. The number of hydrogen-bond acceptors (Lipinski definition) is 4. The minimum Gasteiger partial charge on any atom is -0.389 e. The van der Waals surface area contributed by atoms with Crippen molar-refractivity contribution in [2.45, 2.75) is 35.5 Å². The molecule has 0 aliphatic carbocycles. The fourth-order valence-corrected chi connectivity index (χ4v) is 1.61. The number of rotatable bonds is 0. The van der Waals surface area contributed by atoms with E-state index in [4.69, 9.17) is 9.84 Å². The van der Waals surface area contributed by atoms with E-state index < -0.39 is 28.5 Å². The molecule has 0 bridgehead atoms. The number of hydrogen-bond donors (Lipinski definition) is 3. The highest BCUT2D eigenvalue weighted by Gasteiger charge is 2.40. The summed E-state index contributed by atoms with van der Waals surface area (Å²) in [6, 6.07) is 0. The number of halogens is 1. The molecule has 1 fully saturated rings. The highest BCUT2D eigenvalue weighted by Crippen LogP contribution is 2.24. The Balaban J connectivity index is 2.63. The van der Waals surface area contributed by atoms with Gasteiger partial charge in [0.15, 0.2) is 6.29 Å². The van der Waals surface area contributed by atoms with Crippen LogP contribution in [-0.2, 0) is 4.74 Å². The second-order valence-electron chi connectivity index (χ2n) is 2.66. The summed E-state index contributed by atoms with van der Waals surface area (Å²) in [5, 5.41) is 27.7. The molecule has 11 heavy (non-hydrogen) atoms. The van der Waals surface area contributed by atoms with Crippen molar-refractivity contribution in [3.8, 4) is 0 Å². The van der Waals surface area contributed by atoms with Gasteiger partial charge in [0, 0.05) is 0 Å². The van der Waals surface area contributed by atoms with Gasteiger partial charge in [0.05, 0.1) is 16.1 Å². The predicted molar refractivity (Wildman–Crippen MR) is 46.4 cm³/mol. The van der Waals surface area contributed by atoms with Gasteiger partial charge in [-0.15, -0.1) is 0 Å². The van der Waals surface area contributed by atoms with E-state index in [1.54, 1.807) is 6.92 Å². The van der Waals surface area contributed by atoms with Gasteiger partial charge in [-0.25, -0.2) is 0 Å². The molecular weight excluding hydrogens is 263 g/mol. The summed E-state index contributed by atoms with van der Waals surface area (Å²) in [5.74, 6) is 0. The van der Waals surface area contributed by atoms with Crippen LogP contribution in [-0.4, -0.2) is 43.8 Å². The van der Waals surface area contributed by atoms with Crippen LogP contribution in [0, 0.1) is 0 Å². The molecule has 0 spiro atoms. The zero-order valence-electron chi connectivity index (χ0n) is 6.01. The van der Waals surface area contributed by atoms with E-state index in [2.05, 4.69) is 0 Å². The molecule has 0 aromatic heterocycles. The van der Waals surface area contributed by atoms with Crippen LogP contribution in [0.4, 0.5) is 0 Å². The van der Waals surface area contributed by atoms with Crippen molar-refractivity contribution in [3.05, 3.63) is 0 Å². The molecule has 1 saturated heterocycles. The minimum absolute atomic E-state index is 0.459. The van der Waals surface area contributed by atoms with Crippen LogP contribution >= 0.6 is 22.6 Å². The van der Waals surface area contributed by atoms with Crippen LogP contribution in [0.5, 0.6) is 0 Å². The second kappa shape index (κ2) is 3.53. The van der Waals surface area contributed by atoms with Crippen molar-refractivity contribution in [2.75, 3.05) is 0 Å². The van der Waals surface area contributed by atoms with Crippen LogP contribution in [0.25, 0.3) is 0 Å². The molecule has 1 heterocycles. The molecule has 1 rings (SSSR count). The van der Waals surface area contributed by atoms with E-state index in [1.165, 1.54) is 0 Å². The van der Waals surface area contributed by atoms with Crippen molar-refractivity contribution < 1.29 is 20.1 Å². The Morgan fingerprint density at radius 1 is 1.18 bits per heavy atom. The van der Waals surface area contributed by atoms with Gasteiger partial charge in [-0.1, -0.05) is 22.6 Å². The third-order valence-corrected chi connectivity index (χ3v) is 3.14. The Morgan fingerprint density at radius 2 is 1.73 bits per heavy atom. The van der Waals surface area contributed by atoms with E-state index in [1.807, 2.05) is 22.6 Å². The second-order valence-corrected chi connectivity index (χ2v) is 4.10. The summed E-state index contributed by atoms with van der Waals surface area (Å²) in [6.07, 6.45) is -3.30. The largest absolute Gasteiger partial charge is 0.389 e. The monoisotopic (exact) mass is 274 g/mol. The van der Waals surface area contributed by atoms with E-state index in [0.717, 1.165) is 0 Å². The molecule has 5 atom stereocenters. The molecule has 0 amide bonds. The Hall–Kier alpha value is 0.570. The van der Waals surface area contributed by atoms with Gasteiger partial charge in [0.25, 0.3) is 0 Å². The first-order valence-electron chi connectivity index (χ1n) is 3.37. The lowest BCUT2D eigenvalue weighted by atomic mass is 10.0. The third kappa shape index (κ3) is 1.83. The van der Waals surface area contributed by atoms with Gasteiger partial charge in [0.2, 0.25) is 0 Å². The van der Waals surface area contributed by atoms with Crippen LogP contribution in [0.3, 0.4) is 0 Å². The Labute approximate surface area is 78.3 Å². The molecule has 3 N–H and O–H groups in total. The molecular formula is C6H11IO4. The molecule has 5 heteroatoms. The maximum absolute atomic E-state index is 9.29. The smallest absolute Gasteiger partial charge is 0.169 e. The van der Waals surface area contributed by atoms with Crippen LogP contribution in [0.2, 0.25) is 0 Å². The first kappa shape index (κ1) is 9.66. The Morgan fingerprint density at radius 3 is 2.27 bits per heavy atom. The van der Waals surface area contributed by atoms with Gasteiger partial charge in [-0.05, 0) is 6.92 Å². The summed E-state index contributed by atoms with van der Waals surface area (Å²) in [7, 11) is 0. The topological polar surface area (TPSA) is 69.9 Å². The lowest BCUT2D eigenvalue weighted by Gasteiger charge is -2.36. The Bertz CT molecular complexity index is 129. The lowest BCUT2D eigenvalue weighted by molar-refractivity contribution is -0.218. The summed E-state index contributed by atoms with van der Waals surface area (Å²) in [4.78, 5) is 0. The highest BCUT2D eigenvalue weighted by atomic mass is 127. The van der Waals surface area contributed by atoms with Crippen LogP contribution in [0.15, 0.2) is 0 Å². The standard InChI is InChI=1S/C6H11IO4/c1-2-4(8)5(9)3(7)6(10)11-2/h2-6,8-10H,1H3/t2-,3+,4+,5-,6?/m0/s1. The third-order valence-electron chi connectivity index (χ3n) is 1.78. The van der Waals surface area contributed by atoms with Gasteiger partial charge >= 0.3 is 0 Å². The average molecular weight is 274 g/mol. The lowest BCUT2D eigenvalue weighted by Crippen LogP contribution is -2.54. The van der Waals surface area contributed by atoms with Crippen molar-refractivity contribution in [1.29, 1.82) is 0 Å². The number of ether oxygens (including phenoxy) is 1. The maximum atomic E-state index is 9.29. The normalized spacial score (nSPS) is 52.6. The fourth-order valence-electron chi connectivity index (χ4n) is 1.01. The molecule has 1 aliphatic heterocycles. The van der Waals surface area contributed by atoms with Gasteiger partial charge in [-0.2, -0.15) is 0 Å². The zero-order valence-corrected chi connectivity index (χ0v) is 8.17. The van der Waals surface area contributed by atoms with E-state index >= 15 is 0 Å². The van der Waals surface area contributed by atoms with Crippen molar-refractivity contribution >= 4 is 22.6 Å². The summed E-state index contributed by atoms with van der Waals surface area (Å²) in [6.45, 7) is 1.61. The van der Waals surface area contributed by atoms with Crippen molar-refractivity contribution in [3.63, 3.8) is 0 Å². The molecule has 0 saturated carbocycles. The van der Waals surface area contributed by atoms with E-state index in [0.29, 0.717) is 0 Å². The summed E-state index contributed by atoms with van der Waals surface area (Å²) in [5.41, 5.74) is 0. The summed E-state index contributed by atoms with van der Waals surface area (Å²) < 4.78 is 4.46. The number of aliphatic hydroxyl groups is 3. The van der Waals surface area contributed by atoms with E-state index in [-0.39, 0.29) is 0 Å². The molecule has 1 unspecified atom stereocenters. The highest BCUT2D eigenvalue weighted by molar-refractivity contribution is 14.1. The number of aliphatic hydroxyl groups excluding tert-OH is 3. The maximum Gasteiger partial charge on any atom is 0.169 e. The SMILES string of the molecule is C[C@@H]1OC(O)[C@H](I)[C@H](O)[C@@H]1O. The summed E-state index contributed by atoms with van der Waals surface area (Å²) >= 11 is 1.85. The van der Waals surface area contributed by atoms with Crippen molar-refractivity contribution in [2.24, 2.45) is 0 Å². The van der Waals surface area contributed by atoms with Gasteiger partial charge < -0.3 is 20.1 Å². The van der Waals surface area contributed by atoms with Crippen LogP contribution < -0.4 is 0 Å². The first-order valence-corrected chi connectivity index (χ1v) is 4.62. The fraction of sp³-hybridized carbons (Fsp3) is 1.00. The molecule has 1 aliphatic rings. The molecule has 66 valence electrons. The van der Waals surface area contributed by atoms with E-state index in [9.17, 15) is 10.2 Å². The quantitative estimate of drug-likeness (QED) is 0.401. The van der Waals surface area contributed by atoms with Gasteiger partial charge in [0.1, 0.15) is 6.10 Å². The first-order chi connectivity index (χ1) is 5.04. The van der Waals surface area contributed by atoms with Gasteiger partial charge in [-0.3, -0.25) is 0 Å². The predicted octanol–water partition coefficient (Wildman–Crippen LogP) is -0.751. The molecule has 0 aromatic carbocycles. The minimum atomic E-state index is -0.982. The van der Waals surface area contributed by atoms with Crippen LogP contribution in [0.1, 0.15) is 6.92 Å². The molecule has 4 nitrogen and oxygen atoms in total. The zero-order chi connectivity index (χ0) is 8.59. The van der Waals surface area contributed by atoms with Crippen molar-refractivity contribution in [1.82, 2.24) is 0 Å². The molecule has 0 aromatic rings. The number of alkyl halides is 1. The molecule has 0 radical (unpaired) electrons. The average Bonchev–Trinajstić information content (AvgIpc) is 1.97.